The van der Waals surface area contributed by atoms with E-state index in [1.54, 1.807) is 6.07 Å². The first-order valence-electron chi connectivity index (χ1n) is 4.94. The molecule has 5 heteroatoms. The molecule has 1 aromatic rings. The lowest BCUT2D eigenvalue weighted by molar-refractivity contribution is -0.136. The lowest BCUT2D eigenvalue weighted by atomic mass is 10.0. The molecular weight excluding hydrogens is 222 g/mol. The van der Waals surface area contributed by atoms with Crippen molar-refractivity contribution in [2.45, 2.75) is 31.5 Å². The quantitative estimate of drug-likeness (QED) is 0.797. The van der Waals surface area contributed by atoms with Gasteiger partial charge in [-0.2, -0.15) is 13.2 Å². The predicted octanol–water partition coefficient (Wildman–Crippen LogP) is 3.04. The smallest absolute Gasteiger partial charge is 0.327 e. The van der Waals surface area contributed by atoms with Crippen molar-refractivity contribution in [1.82, 2.24) is 0 Å². The van der Waals surface area contributed by atoms with Crippen LogP contribution in [0.3, 0.4) is 0 Å². The second kappa shape index (κ2) is 5.30. The SMILES string of the molecule is NC(CCC(F)(F)F)Cc1ccccc1F. The molecule has 1 rings (SSSR count). The molecule has 0 spiro atoms. The molecule has 1 nitrogen and oxygen atoms in total. The average Bonchev–Trinajstić information content (AvgIpc) is 2.18. The predicted molar refractivity (Wildman–Crippen MR) is 53.4 cm³/mol. The van der Waals surface area contributed by atoms with E-state index in [4.69, 9.17) is 5.73 Å². The highest BCUT2D eigenvalue weighted by Gasteiger charge is 2.27. The van der Waals surface area contributed by atoms with Gasteiger partial charge in [0, 0.05) is 12.5 Å². The largest absolute Gasteiger partial charge is 0.389 e. The minimum Gasteiger partial charge on any atom is -0.327 e. The maximum atomic E-state index is 13.1. The van der Waals surface area contributed by atoms with Crippen LogP contribution in [0.4, 0.5) is 17.6 Å². The van der Waals surface area contributed by atoms with Crippen LogP contribution in [0.5, 0.6) is 0 Å². The van der Waals surface area contributed by atoms with Gasteiger partial charge in [-0.25, -0.2) is 4.39 Å². The van der Waals surface area contributed by atoms with Crippen LogP contribution in [0.1, 0.15) is 18.4 Å². The van der Waals surface area contributed by atoms with E-state index in [9.17, 15) is 17.6 Å². The minimum atomic E-state index is -4.20. The number of rotatable bonds is 4. The fourth-order valence-electron chi connectivity index (χ4n) is 1.40. The Morgan fingerprint density at radius 3 is 2.38 bits per heavy atom. The molecule has 0 radical (unpaired) electrons. The summed E-state index contributed by atoms with van der Waals surface area (Å²) in [4.78, 5) is 0. The highest BCUT2D eigenvalue weighted by Crippen LogP contribution is 2.22. The monoisotopic (exact) mass is 235 g/mol. The van der Waals surface area contributed by atoms with E-state index in [1.165, 1.54) is 18.2 Å². The van der Waals surface area contributed by atoms with E-state index in [0.29, 0.717) is 5.56 Å². The highest BCUT2D eigenvalue weighted by molar-refractivity contribution is 5.18. The van der Waals surface area contributed by atoms with Crippen LogP contribution in [0, 0.1) is 5.82 Å². The molecule has 1 unspecified atom stereocenters. The molecule has 1 aromatic carbocycles. The molecule has 0 saturated carbocycles. The summed E-state index contributed by atoms with van der Waals surface area (Å²) in [7, 11) is 0. The van der Waals surface area contributed by atoms with Gasteiger partial charge in [0.2, 0.25) is 0 Å². The second-order valence-electron chi connectivity index (χ2n) is 3.71. The minimum absolute atomic E-state index is 0.128. The van der Waals surface area contributed by atoms with Gasteiger partial charge in [-0.15, -0.1) is 0 Å². The van der Waals surface area contributed by atoms with Crippen molar-refractivity contribution >= 4 is 0 Å². The molecule has 0 heterocycles. The fraction of sp³-hybridized carbons (Fsp3) is 0.455. The summed E-state index contributed by atoms with van der Waals surface area (Å²) in [5.74, 6) is -0.426. The van der Waals surface area contributed by atoms with Crippen molar-refractivity contribution in [2.24, 2.45) is 5.73 Å². The summed E-state index contributed by atoms with van der Waals surface area (Å²) >= 11 is 0. The maximum Gasteiger partial charge on any atom is 0.389 e. The Hall–Kier alpha value is -1.10. The molecule has 0 saturated heterocycles. The van der Waals surface area contributed by atoms with Gasteiger partial charge < -0.3 is 5.73 Å². The molecule has 90 valence electrons. The van der Waals surface area contributed by atoms with Crippen LogP contribution >= 0.6 is 0 Å². The molecule has 16 heavy (non-hydrogen) atoms. The van der Waals surface area contributed by atoms with Gasteiger partial charge >= 0.3 is 6.18 Å². The zero-order valence-electron chi connectivity index (χ0n) is 8.60. The van der Waals surface area contributed by atoms with Gasteiger partial charge in [-0.05, 0) is 24.5 Å². The van der Waals surface area contributed by atoms with Gasteiger partial charge in [0.1, 0.15) is 5.82 Å². The molecule has 0 bridgehead atoms. The molecule has 2 N–H and O–H groups in total. The summed E-state index contributed by atoms with van der Waals surface area (Å²) in [6, 6.07) is 5.29. The van der Waals surface area contributed by atoms with E-state index in [1.807, 2.05) is 0 Å². The van der Waals surface area contributed by atoms with Gasteiger partial charge in [-0.3, -0.25) is 0 Å². The standard InChI is InChI=1S/C11H13F4N/c12-10-4-2-1-3-8(10)7-9(16)5-6-11(13,14)15/h1-4,9H,5-7,16H2. The maximum absolute atomic E-state index is 13.1. The number of benzene rings is 1. The van der Waals surface area contributed by atoms with Crippen LogP contribution in [0.15, 0.2) is 24.3 Å². The Labute approximate surface area is 91.3 Å². The molecule has 0 aliphatic carbocycles. The van der Waals surface area contributed by atoms with Gasteiger partial charge in [0.15, 0.2) is 0 Å². The van der Waals surface area contributed by atoms with Crippen molar-refractivity contribution in [3.63, 3.8) is 0 Å². The zero-order chi connectivity index (χ0) is 12.2. The third kappa shape index (κ3) is 4.61. The zero-order valence-corrected chi connectivity index (χ0v) is 8.60. The fourth-order valence-corrected chi connectivity index (χ4v) is 1.40. The summed E-state index contributed by atoms with van der Waals surface area (Å²) in [5, 5.41) is 0. The summed E-state index contributed by atoms with van der Waals surface area (Å²) in [5.41, 5.74) is 5.87. The number of hydrogen-bond donors (Lipinski definition) is 1. The molecule has 0 fully saturated rings. The van der Waals surface area contributed by atoms with E-state index in [2.05, 4.69) is 0 Å². The summed E-state index contributed by atoms with van der Waals surface area (Å²) in [6.45, 7) is 0. The average molecular weight is 235 g/mol. The number of nitrogens with two attached hydrogens (primary N) is 1. The molecule has 1 atom stereocenters. The third-order valence-electron chi connectivity index (χ3n) is 2.24. The Balaban J connectivity index is 2.46. The molecule has 0 aromatic heterocycles. The highest BCUT2D eigenvalue weighted by atomic mass is 19.4. The lowest BCUT2D eigenvalue weighted by Gasteiger charge is -2.13. The van der Waals surface area contributed by atoms with Crippen molar-refractivity contribution in [3.8, 4) is 0 Å². The van der Waals surface area contributed by atoms with E-state index >= 15 is 0 Å². The topological polar surface area (TPSA) is 26.0 Å². The summed E-state index contributed by atoms with van der Waals surface area (Å²) in [6.07, 6.45) is -5.18. The van der Waals surface area contributed by atoms with Crippen molar-refractivity contribution in [1.29, 1.82) is 0 Å². The lowest BCUT2D eigenvalue weighted by Crippen LogP contribution is -2.25. The third-order valence-corrected chi connectivity index (χ3v) is 2.24. The van der Waals surface area contributed by atoms with Crippen LogP contribution in [-0.4, -0.2) is 12.2 Å². The Kier molecular flexibility index (Phi) is 4.29. The van der Waals surface area contributed by atoms with E-state index in [0.717, 1.165) is 0 Å². The van der Waals surface area contributed by atoms with Crippen molar-refractivity contribution < 1.29 is 17.6 Å². The van der Waals surface area contributed by atoms with Gasteiger partial charge in [-0.1, -0.05) is 18.2 Å². The Morgan fingerprint density at radius 2 is 1.81 bits per heavy atom. The number of hydrogen-bond acceptors (Lipinski definition) is 1. The summed E-state index contributed by atoms with van der Waals surface area (Å²) < 4.78 is 48.9. The number of halogens is 4. The first kappa shape index (κ1) is 13.0. The van der Waals surface area contributed by atoms with Crippen molar-refractivity contribution in [3.05, 3.63) is 35.6 Å². The van der Waals surface area contributed by atoms with Crippen LogP contribution in [-0.2, 0) is 6.42 Å². The molecule has 0 aliphatic heterocycles. The Bertz CT molecular complexity index is 335. The van der Waals surface area contributed by atoms with E-state index < -0.39 is 24.5 Å². The second-order valence-corrected chi connectivity index (χ2v) is 3.71. The molecule has 0 amide bonds. The Morgan fingerprint density at radius 1 is 1.19 bits per heavy atom. The van der Waals surface area contributed by atoms with Crippen molar-refractivity contribution in [2.75, 3.05) is 0 Å². The van der Waals surface area contributed by atoms with Crippen LogP contribution in [0.25, 0.3) is 0 Å². The first-order chi connectivity index (χ1) is 7.38. The van der Waals surface area contributed by atoms with Gasteiger partial charge in [0.25, 0.3) is 0 Å². The normalized spacial score (nSPS) is 13.8. The molecular formula is C11H13F4N. The number of alkyl halides is 3. The van der Waals surface area contributed by atoms with Crippen LogP contribution in [0.2, 0.25) is 0 Å². The van der Waals surface area contributed by atoms with E-state index in [-0.39, 0.29) is 12.8 Å². The first-order valence-corrected chi connectivity index (χ1v) is 4.94. The molecule has 0 aliphatic rings. The van der Waals surface area contributed by atoms with Crippen LogP contribution < -0.4 is 5.73 Å². The van der Waals surface area contributed by atoms with Gasteiger partial charge in [0.05, 0.1) is 0 Å².